The standard InChI is InChI=1S/C23H32N4O4S/c1-14-8-16(3)23(17(4)9-14)26-22(29)13-25-21(28)12-24-20-11-19(10-15(2)18(20)5)32(30,31)27(6)7/h8-11,24H,12-13H2,1-7H3,(H,25,28)(H,26,29). The molecular weight excluding hydrogens is 428 g/mol. The van der Waals surface area contributed by atoms with Gasteiger partial charge in [-0.1, -0.05) is 17.7 Å². The number of nitrogens with one attached hydrogen (secondary N) is 3. The molecule has 2 amide bonds. The largest absolute Gasteiger partial charge is 0.376 e. The number of amides is 2. The molecule has 0 heterocycles. The summed E-state index contributed by atoms with van der Waals surface area (Å²) in [6.07, 6.45) is 0. The molecule has 8 nitrogen and oxygen atoms in total. The van der Waals surface area contributed by atoms with E-state index in [-0.39, 0.29) is 29.8 Å². The van der Waals surface area contributed by atoms with E-state index < -0.39 is 10.0 Å². The highest BCUT2D eigenvalue weighted by Crippen LogP contribution is 2.25. The molecule has 0 saturated carbocycles. The molecule has 32 heavy (non-hydrogen) atoms. The van der Waals surface area contributed by atoms with Crippen molar-refractivity contribution in [1.82, 2.24) is 9.62 Å². The molecular formula is C23H32N4O4S. The molecule has 0 aromatic heterocycles. The summed E-state index contributed by atoms with van der Waals surface area (Å²) >= 11 is 0. The lowest BCUT2D eigenvalue weighted by Crippen LogP contribution is -2.36. The fraction of sp³-hybridized carbons (Fsp3) is 0.391. The minimum Gasteiger partial charge on any atom is -0.376 e. The highest BCUT2D eigenvalue weighted by molar-refractivity contribution is 7.89. The maximum absolute atomic E-state index is 12.5. The van der Waals surface area contributed by atoms with Crippen LogP contribution in [0.1, 0.15) is 27.8 Å². The van der Waals surface area contributed by atoms with E-state index in [1.165, 1.54) is 20.2 Å². The Morgan fingerprint density at radius 2 is 1.44 bits per heavy atom. The van der Waals surface area contributed by atoms with Gasteiger partial charge in [-0.3, -0.25) is 9.59 Å². The monoisotopic (exact) mass is 460 g/mol. The van der Waals surface area contributed by atoms with Gasteiger partial charge in [-0.05, 0) is 69.0 Å². The first kappa shape index (κ1) is 25.4. The lowest BCUT2D eigenvalue weighted by Gasteiger charge is -2.17. The maximum Gasteiger partial charge on any atom is 0.243 e. The fourth-order valence-corrected chi connectivity index (χ4v) is 4.36. The molecule has 2 rings (SSSR count). The third-order valence-corrected chi connectivity index (χ3v) is 7.04. The number of carbonyl (C=O) groups is 2. The lowest BCUT2D eigenvalue weighted by molar-refractivity contribution is -0.122. The number of rotatable bonds is 8. The second kappa shape index (κ2) is 10.1. The summed E-state index contributed by atoms with van der Waals surface area (Å²) in [4.78, 5) is 24.7. The molecule has 0 radical (unpaired) electrons. The van der Waals surface area contributed by atoms with Gasteiger partial charge in [0, 0.05) is 25.5 Å². The molecule has 0 fully saturated rings. The van der Waals surface area contributed by atoms with E-state index in [0.29, 0.717) is 5.69 Å². The van der Waals surface area contributed by atoms with Gasteiger partial charge in [0.25, 0.3) is 0 Å². The molecule has 0 atom stereocenters. The van der Waals surface area contributed by atoms with E-state index in [1.807, 2.05) is 46.8 Å². The minimum atomic E-state index is -3.60. The Labute approximate surface area is 190 Å². The van der Waals surface area contributed by atoms with Crippen LogP contribution in [0.5, 0.6) is 0 Å². The highest BCUT2D eigenvalue weighted by atomic mass is 32.2. The fourth-order valence-electron chi connectivity index (χ4n) is 3.35. The molecule has 0 bridgehead atoms. The zero-order chi connectivity index (χ0) is 24.2. The number of aryl methyl sites for hydroxylation is 4. The molecule has 0 saturated heterocycles. The second-order valence-electron chi connectivity index (χ2n) is 8.15. The van der Waals surface area contributed by atoms with E-state index in [0.717, 1.165) is 37.8 Å². The Hall–Kier alpha value is -2.91. The van der Waals surface area contributed by atoms with Crippen molar-refractivity contribution in [2.24, 2.45) is 0 Å². The Bertz CT molecular complexity index is 1120. The first-order chi connectivity index (χ1) is 14.8. The van der Waals surface area contributed by atoms with E-state index in [1.54, 1.807) is 6.07 Å². The van der Waals surface area contributed by atoms with Gasteiger partial charge in [-0.2, -0.15) is 0 Å². The van der Waals surface area contributed by atoms with Gasteiger partial charge in [0.2, 0.25) is 21.8 Å². The van der Waals surface area contributed by atoms with Gasteiger partial charge in [-0.15, -0.1) is 0 Å². The van der Waals surface area contributed by atoms with E-state index in [9.17, 15) is 18.0 Å². The summed E-state index contributed by atoms with van der Waals surface area (Å²) in [6.45, 7) is 9.24. The number of carbonyl (C=O) groups excluding carboxylic acids is 2. The maximum atomic E-state index is 12.5. The summed E-state index contributed by atoms with van der Waals surface area (Å²) in [5.41, 5.74) is 5.97. The van der Waals surface area contributed by atoms with Gasteiger partial charge >= 0.3 is 0 Å². The van der Waals surface area contributed by atoms with Crippen molar-refractivity contribution in [2.75, 3.05) is 37.8 Å². The number of anilines is 2. The van der Waals surface area contributed by atoms with Crippen molar-refractivity contribution in [1.29, 1.82) is 0 Å². The minimum absolute atomic E-state index is 0.0956. The quantitative estimate of drug-likeness (QED) is 0.561. The Balaban J connectivity index is 1.99. The molecule has 174 valence electrons. The molecule has 3 N–H and O–H groups in total. The summed E-state index contributed by atoms with van der Waals surface area (Å²) < 4.78 is 26.1. The zero-order valence-corrected chi connectivity index (χ0v) is 20.5. The summed E-state index contributed by atoms with van der Waals surface area (Å²) in [7, 11) is -0.663. The summed E-state index contributed by atoms with van der Waals surface area (Å²) in [5, 5.41) is 8.40. The van der Waals surface area contributed by atoms with Crippen LogP contribution >= 0.6 is 0 Å². The lowest BCUT2D eigenvalue weighted by atomic mass is 10.1. The molecule has 2 aromatic carbocycles. The van der Waals surface area contributed by atoms with Crippen LogP contribution in [0.4, 0.5) is 11.4 Å². The normalized spacial score (nSPS) is 11.4. The van der Waals surface area contributed by atoms with Crippen LogP contribution in [0.2, 0.25) is 0 Å². The van der Waals surface area contributed by atoms with Crippen LogP contribution in [0.15, 0.2) is 29.2 Å². The molecule has 0 spiro atoms. The summed E-state index contributed by atoms with van der Waals surface area (Å²) in [6, 6.07) is 7.09. The van der Waals surface area contributed by atoms with Gasteiger partial charge in [0.1, 0.15) is 0 Å². The topological polar surface area (TPSA) is 108 Å². The van der Waals surface area contributed by atoms with Gasteiger partial charge in [0.05, 0.1) is 18.0 Å². The molecule has 0 aliphatic carbocycles. The molecule has 0 aliphatic heterocycles. The van der Waals surface area contributed by atoms with Crippen molar-refractivity contribution in [3.8, 4) is 0 Å². The predicted octanol–water partition coefficient (Wildman–Crippen LogP) is 2.65. The van der Waals surface area contributed by atoms with Gasteiger partial charge < -0.3 is 16.0 Å². The zero-order valence-electron chi connectivity index (χ0n) is 19.7. The SMILES string of the molecule is Cc1cc(C)c(NC(=O)CNC(=O)CNc2cc(S(=O)(=O)N(C)C)cc(C)c2C)c(C)c1. The second-order valence-corrected chi connectivity index (χ2v) is 10.3. The number of sulfonamides is 1. The molecule has 9 heteroatoms. The molecule has 0 aliphatic rings. The van der Waals surface area contributed by atoms with Crippen LogP contribution in [0.25, 0.3) is 0 Å². The van der Waals surface area contributed by atoms with Crippen molar-refractivity contribution in [3.05, 3.63) is 52.1 Å². The predicted molar refractivity (Wildman–Crippen MR) is 128 cm³/mol. The molecule has 2 aromatic rings. The number of hydrogen-bond donors (Lipinski definition) is 3. The summed E-state index contributed by atoms with van der Waals surface area (Å²) in [5.74, 6) is -0.699. The van der Waals surface area contributed by atoms with Crippen LogP contribution in [0.3, 0.4) is 0 Å². The third-order valence-electron chi connectivity index (χ3n) is 5.25. The van der Waals surface area contributed by atoms with E-state index in [4.69, 9.17) is 0 Å². The van der Waals surface area contributed by atoms with Gasteiger partial charge in [0.15, 0.2) is 0 Å². The van der Waals surface area contributed by atoms with Gasteiger partial charge in [-0.25, -0.2) is 12.7 Å². The van der Waals surface area contributed by atoms with Crippen LogP contribution in [-0.2, 0) is 19.6 Å². The van der Waals surface area contributed by atoms with Crippen molar-refractivity contribution >= 4 is 33.2 Å². The van der Waals surface area contributed by atoms with Crippen LogP contribution in [0, 0.1) is 34.6 Å². The first-order valence-electron chi connectivity index (χ1n) is 10.2. The Kier molecular flexibility index (Phi) is 8.03. The highest BCUT2D eigenvalue weighted by Gasteiger charge is 2.20. The first-order valence-corrected chi connectivity index (χ1v) is 11.7. The average Bonchev–Trinajstić information content (AvgIpc) is 2.69. The van der Waals surface area contributed by atoms with Crippen molar-refractivity contribution < 1.29 is 18.0 Å². The smallest absolute Gasteiger partial charge is 0.243 e. The van der Waals surface area contributed by atoms with Crippen molar-refractivity contribution in [2.45, 2.75) is 39.5 Å². The Morgan fingerprint density at radius 3 is 2.00 bits per heavy atom. The van der Waals surface area contributed by atoms with E-state index >= 15 is 0 Å². The number of hydrogen-bond acceptors (Lipinski definition) is 5. The average molecular weight is 461 g/mol. The van der Waals surface area contributed by atoms with E-state index in [2.05, 4.69) is 16.0 Å². The van der Waals surface area contributed by atoms with Crippen LogP contribution in [-0.4, -0.2) is 51.7 Å². The number of nitrogens with zero attached hydrogens (tertiary/aromatic N) is 1. The Morgan fingerprint density at radius 1 is 0.844 bits per heavy atom. The van der Waals surface area contributed by atoms with Crippen LogP contribution < -0.4 is 16.0 Å². The third kappa shape index (κ3) is 6.08. The number of benzene rings is 2. The van der Waals surface area contributed by atoms with Crippen molar-refractivity contribution in [3.63, 3.8) is 0 Å². The molecule has 0 unspecified atom stereocenters.